The zero-order chi connectivity index (χ0) is 17.9. The average molecular weight is 359 g/mol. The van der Waals surface area contributed by atoms with Gasteiger partial charge in [-0.25, -0.2) is 0 Å². The third-order valence-electron chi connectivity index (χ3n) is 5.22. The van der Waals surface area contributed by atoms with Crippen LogP contribution in [-0.4, -0.2) is 42.9 Å². The maximum Gasteiger partial charge on any atom is 0.573 e. The lowest BCUT2D eigenvalue weighted by atomic mass is 9.76. The van der Waals surface area contributed by atoms with Crippen LogP contribution in [0.4, 0.5) is 13.2 Å². The van der Waals surface area contributed by atoms with Crippen molar-refractivity contribution in [3.63, 3.8) is 0 Å². The minimum atomic E-state index is -4.76. The summed E-state index contributed by atoms with van der Waals surface area (Å²) in [7, 11) is 0. The van der Waals surface area contributed by atoms with Crippen LogP contribution in [-0.2, 0) is 11.2 Å². The highest BCUT2D eigenvalue weighted by Gasteiger charge is 2.46. The number of hydrogen-bond donors (Lipinski definition) is 2. The third-order valence-corrected chi connectivity index (χ3v) is 5.22. The van der Waals surface area contributed by atoms with Crippen molar-refractivity contribution in [2.45, 2.75) is 50.2 Å². The van der Waals surface area contributed by atoms with Gasteiger partial charge in [0.05, 0.1) is 18.3 Å². The highest BCUT2D eigenvalue weighted by molar-refractivity contribution is 5.35. The van der Waals surface area contributed by atoms with Gasteiger partial charge in [0.1, 0.15) is 5.75 Å². The van der Waals surface area contributed by atoms with Crippen molar-refractivity contribution in [3.05, 3.63) is 29.8 Å². The van der Waals surface area contributed by atoms with Gasteiger partial charge in [0.15, 0.2) is 0 Å². The van der Waals surface area contributed by atoms with Gasteiger partial charge >= 0.3 is 6.36 Å². The molecule has 1 heterocycles. The fourth-order valence-corrected chi connectivity index (χ4v) is 4.01. The van der Waals surface area contributed by atoms with Crippen LogP contribution in [0.1, 0.15) is 31.2 Å². The Kier molecular flexibility index (Phi) is 5.55. The van der Waals surface area contributed by atoms with Gasteiger partial charge in [-0.15, -0.1) is 13.2 Å². The molecule has 2 unspecified atom stereocenters. The molecule has 7 heteroatoms. The lowest BCUT2D eigenvalue weighted by Gasteiger charge is -2.43. The Hall–Kier alpha value is -1.31. The van der Waals surface area contributed by atoms with Gasteiger partial charge in [-0.05, 0) is 30.4 Å². The van der Waals surface area contributed by atoms with E-state index in [2.05, 4.69) is 10.1 Å². The monoisotopic (exact) mass is 359 g/mol. The van der Waals surface area contributed by atoms with Crippen LogP contribution in [0.2, 0.25) is 0 Å². The minimum absolute atomic E-state index is 0.0105. The maximum absolute atomic E-state index is 12.7. The molecule has 4 nitrogen and oxygen atoms in total. The number of benzene rings is 1. The van der Waals surface area contributed by atoms with Crippen molar-refractivity contribution >= 4 is 0 Å². The van der Waals surface area contributed by atoms with E-state index < -0.39 is 18.1 Å². The molecule has 1 aliphatic heterocycles. The Morgan fingerprint density at radius 1 is 1.20 bits per heavy atom. The van der Waals surface area contributed by atoms with E-state index in [4.69, 9.17) is 4.74 Å². The Balaban J connectivity index is 1.87. The van der Waals surface area contributed by atoms with Gasteiger partial charge in [0.2, 0.25) is 0 Å². The van der Waals surface area contributed by atoms with Crippen LogP contribution in [0, 0.1) is 5.92 Å². The molecule has 0 bridgehead atoms. The van der Waals surface area contributed by atoms with Crippen LogP contribution in [0.5, 0.6) is 5.75 Å². The Morgan fingerprint density at radius 2 is 1.92 bits per heavy atom. The topological polar surface area (TPSA) is 50.7 Å². The van der Waals surface area contributed by atoms with Crippen LogP contribution in [0.25, 0.3) is 0 Å². The molecule has 25 heavy (non-hydrogen) atoms. The number of hydrogen-bond acceptors (Lipinski definition) is 4. The molecule has 0 amide bonds. The molecule has 0 aromatic heterocycles. The lowest BCUT2D eigenvalue weighted by Crippen LogP contribution is -2.57. The SMILES string of the molecule is OC(Cc1ccccc1OC(F)(F)F)(C1CCCC1)C1CNCCO1. The molecule has 1 aromatic rings. The van der Waals surface area contributed by atoms with Crippen molar-refractivity contribution in [1.29, 1.82) is 0 Å². The Morgan fingerprint density at radius 3 is 2.56 bits per heavy atom. The third kappa shape index (κ3) is 4.46. The van der Waals surface area contributed by atoms with E-state index in [-0.39, 0.29) is 18.1 Å². The molecular formula is C18H24F3NO3. The Bertz CT molecular complexity index is 569. The number of para-hydroxylation sites is 1. The zero-order valence-electron chi connectivity index (χ0n) is 14.0. The van der Waals surface area contributed by atoms with Gasteiger partial charge in [-0.2, -0.15) is 0 Å². The second-order valence-electron chi connectivity index (χ2n) is 6.87. The molecule has 2 aliphatic rings. The predicted molar refractivity (Wildman–Crippen MR) is 86.3 cm³/mol. The summed E-state index contributed by atoms with van der Waals surface area (Å²) >= 11 is 0. The minimum Gasteiger partial charge on any atom is -0.406 e. The van der Waals surface area contributed by atoms with Crippen LogP contribution in [0.3, 0.4) is 0 Å². The second kappa shape index (κ2) is 7.51. The fourth-order valence-electron chi connectivity index (χ4n) is 4.01. The van der Waals surface area contributed by atoms with Crippen LogP contribution in [0.15, 0.2) is 24.3 Å². The summed E-state index contributed by atoms with van der Waals surface area (Å²) in [6.07, 6.45) is -1.36. The van der Waals surface area contributed by atoms with Gasteiger partial charge < -0.3 is 19.9 Å². The van der Waals surface area contributed by atoms with Crippen LogP contribution >= 0.6 is 0 Å². The first kappa shape index (κ1) is 18.5. The van der Waals surface area contributed by atoms with Crippen molar-refractivity contribution in [1.82, 2.24) is 5.32 Å². The van der Waals surface area contributed by atoms with E-state index in [1.54, 1.807) is 12.1 Å². The molecule has 140 valence electrons. The number of rotatable bonds is 5. The fraction of sp³-hybridized carbons (Fsp3) is 0.667. The number of halogens is 3. The summed E-state index contributed by atoms with van der Waals surface area (Å²) in [5.41, 5.74) is -0.863. The number of ether oxygens (including phenoxy) is 2. The normalized spacial score (nSPS) is 24.9. The van der Waals surface area contributed by atoms with Gasteiger partial charge in [0, 0.05) is 19.5 Å². The zero-order valence-corrected chi connectivity index (χ0v) is 14.0. The van der Waals surface area contributed by atoms with E-state index in [1.807, 2.05) is 0 Å². The summed E-state index contributed by atoms with van der Waals surface area (Å²) in [6, 6.07) is 6.03. The highest BCUT2D eigenvalue weighted by Crippen LogP contribution is 2.41. The Labute approximate surface area is 145 Å². The molecule has 1 saturated carbocycles. The molecule has 1 aromatic carbocycles. The smallest absolute Gasteiger partial charge is 0.406 e. The first-order chi connectivity index (χ1) is 11.9. The maximum atomic E-state index is 12.7. The number of nitrogens with one attached hydrogen (secondary N) is 1. The van der Waals surface area contributed by atoms with Crippen molar-refractivity contribution in [3.8, 4) is 5.75 Å². The standard InChI is InChI=1S/C18H24F3NO3/c19-18(20,21)25-15-8-4-1-5-13(15)11-17(23,14-6-2-3-7-14)16-12-22-9-10-24-16/h1,4-5,8,14,16,22-23H,2-3,6-7,9-12H2. The molecule has 0 radical (unpaired) electrons. The summed E-state index contributed by atoms with van der Waals surface area (Å²) in [5.74, 6) is -0.244. The largest absolute Gasteiger partial charge is 0.573 e. The number of morpholine rings is 1. The van der Waals surface area contributed by atoms with Crippen molar-refractivity contribution < 1.29 is 27.8 Å². The lowest BCUT2D eigenvalue weighted by molar-refractivity contribution is -0.275. The second-order valence-corrected chi connectivity index (χ2v) is 6.87. The summed E-state index contributed by atoms with van der Waals surface area (Å²) in [6.45, 7) is 1.70. The molecule has 1 saturated heterocycles. The molecule has 0 spiro atoms. The van der Waals surface area contributed by atoms with E-state index in [0.717, 1.165) is 25.7 Å². The number of alkyl halides is 3. The molecule has 1 aliphatic carbocycles. The van der Waals surface area contributed by atoms with Gasteiger partial charge in [-0.3, -0.25) is 0 Å². The first-order valence-electron chi connectivity index (χ1n) is 8.77. The van der Waals surface area contributed by atoms with Gasteiger partial charge in [-0.1, -0.05) is 31.0 Å². The summed E-state index contributed by atoms with van der Waals surface area (Å²) in [4.78, 5) is 0. The molecule has 3 rings (SSSR count). The molecule has 2 N–H and O–H groups in total. The summed E-state index contributed by atoms with van der Waals surface area (Å²) in [5, 5.41) is 14.7. The highest BCUT2D eigenvalue weighted by atomic mass is 19.4. The van der Waals surface area contributed by atoms with Crippen LogP contribution < -0.4 is 10.1 Å². The summed E-state index contributed by atoms with van der Waals surface area (Å²) < 4.78 is 48.0. The molecule has 2 fully saturated rings. The molecule has 2 atom stereocenters. The van der Waals surface area contributed by atoms with Crippen molar-refractivity contribution in [2.75, 3.05) is 19.7 Å². The quantitative estimate of drug-likeness (QED) is 0.849. The van der Waals surface area contributed by atoms with E-state index in [9.17, 15) is 18.3 Å². The van der Waals surface area contributed by atoms with Crippen molar-refractivity contribution in [2.24, 2.45) is 5.92 Å². The van der Waals surface area contributed by atoms with E-state index >= 15 is 0 Å². The van der Waals surface area contributed by atoms with E-state index in [0.29, 0.717) is 25.3 Å². The average Bonchev–Trinajstić information content (AvgIpc) is 3.11. The first-order valence-corrected chi connectivity index (χ1v) is 8.77. The predicted octanol–water partition coefficient (Wildman–Crippen LogP) is 3.04. The van der Waals surface area contributed by atoms with E-state index in [1.165, 1.54) is 12.1 Å². The van der Waals surface area contributed by atoms with Gasteiger partial charge in [0.25, 0.3) is 0 Å². The number of aliphatic hydroxyl groups is 1. The molecular weight excluding hydrogens is 335 g/mol.